The Balaban J connectivity index is 1.61. The lowest BCUT2D eigenvalue weighted by molar-refractivity contribution is -0.132. The van der Waals surface area contributed by atoms with Crippen molar-refractivity contribution in [1.29, 1.82) is 0 Å². The molecule has 1 amide bonds. The molecule has 0 atom stereocenters. The van der Waals surface area contributed by atoms with E-state index in [2.05, 4.69) is 0 Å². The van der Waals surface area contributed by atoms with Gasteiger partial charge >= 0.3 is 0 Å². The number of halogens is 1. The first-order valence-electron chi connectivity index (χ1n) is 8.26. The van der Waals surface area contributed by atoms with Crippen molar-refractivity contribution >= 4 is 5.91 Å². The molecule has 0 fully saturated rings. The van der Waals surface area contributed by atoms with E-state index in [4.69, 9.17) is 9.47 Å². The summed E-state index contributed by atoms with van der Waals surface area (Å²) in [6.07, 6.45) is 0.812. The zero-order valence-corrected chi connectivity index (χ0v) is 14.7. The van der Waals surface area contributed by atoms with E-state index in [0.29, 0.717) is 18.0 Å². The Kier molecular flexibility index (Phi) is 4.66. The molecule has 0 aromatic heterocycles. The monoisotopic (exact) mass is 343 g/mol. The highest BCUT2D eigenvalue weighted by Crippen LogP contribution is 2.41. The molecule has 3 rings (SSSR count). The summed E-state index contributed by atoms with van der Waals surface area (Å²) in [7, 11) is 1.67. The third-order valence-corrected chi connectivity index (χ3v) is 4.14. The second-order valence-electron chi connectivity index (χ2n) is 6.95. The molecule has 0 N–H and O–H groups in total. The average Bonchev–Trinajstić information content (AvgIpc) is 2.86. The lowest BCUT2D eigenvalue weighted by atomic mass is 10.0. The Morgan fingerprint density at radius 1 is 1.28 bits per heavy atom. The quantitative estimate of drug-likeness (QED) is 0.833. The fourth-order valence-corrected chi connectivity index (χ4v) is 2.95. The molecule has 25 heavy (non-hydrogen) atoms. The molecular formula is C20H22FNO3. The number of hydrogen-bond donors (Lipinski definition) is 0. The van der Waals surface area contributed by atoms with Gasteiger partial charge in [-0.05, 0) is 37.6 Å². The minimum atomic E-state index is -0.311. The summed E-state index contributed by atoms with van der Waals surface area (Å²) < 4.78 is 24.9. The number of likely N-dealkylation sites (N-methyl/N-ethyl adjacent to an activating group) is 1. The van der Waals surface area contributed by atoms with Crippen LogP contribution in [0.3, 0.4) is 0 Å². The van der Waals surface area contributed by atoms with Crippen LogP contribution in [0.25, 0.3) is 0 Å². The Labute approximate surface area is 147 Å². The van der Waals surface area contributed by atoms with Crippen LogP contribution in [0.1, 0.15) is 25.0 Å². The second kappa shape index (κ2) is 6.75. The largest absolute Gasteiger partial charge is 0.483 e. The van der Waals surface area contributed by atoms with E-state index in [0.717, 1.165) is 17.5 Å². The number of benzene rings is 2. The van der Waals surface area contributed by atoms with Gasteiger partial charge in [0.1, 0.15) is 11.4 Å². The van der Waals surface area contributed by atoms with Crippen molar-refractivity contribution in [2.75, 3.05) is 13.7 Å². The lowest BCUT2D eigenvalue weighted by Crippen LogP contribution is -2.31. The van der Waals surface area contributed by atoms with Crippen molar-refractivity contribution in [3.63, 3.8) is 0 Å². The highest BCUT2D eigenvalue weighted by Gasteiger charge is 2.32. The highest BCUT2D eigenvalue weighted by molar-refractivity contribution is 5.77. The number of para-hydroxylation sites is 1. The minimum absolute atomic E-state index is 0.0912. The van der Waals surface area contributed by atoms with Crippen LogP contribution >= 0.6 is 0 Å². The van der Waals surface area contributed by atoms with E-state index in [9.17, 15) is 9.18 Å². The molecule has 0 aliphatic carbocycles. The van der Waals surface area contributed by atoms with Gasteiger partial charge in [0.15, 0.2) is 18.1 Å². The summed E-state index contributed by atoms with van der Waals surface area (Å²) in [4.78, 5) is 13.8. The van der Waals surface area contributed by atoms with Crippen LogP contribution in [0.2, 0.25) is 0 Å². The summed E-state index contributed by atoms with van der Waals surface area (Å²) in [6, 6.07) is 11.9. The number of ether oxygens (including phenoxy) is 2. The molecule has 0 saturated heterocycles. The van der Waals surface area contributed by atoms with E-state index in [-0.39, 0.29) is 23.9 Å². The van der Waals surface area contributed by atoms with Gasteiger partial charge in [-0.1, -0.05) is 24.3 Å². The predicted octanol–water partition coefficient (Wildman–Crippen LogP) is 3.58. The van der Waals surface area contributed by atoms with E-state index in [1.54, 1.807) is 25.2 Å². The standard InChI is InChI=1S/C20H22FNO3/c1-20(2)11-15-7-5-9-17(19(15)25-20)24-13-18(23)22(3)12-14-6-4-8-16(21)10-14/h4-10H,11-13H2,1-3H3. The van der Waals surface area contributed by atoms with E-state index in [1.807, 2.05) is 26.0 Å². The van der Waals surface area contributed by atoms with Gasteiger partial charge in [0.2, 0.25) is 0 Å². The number of rotatable bonds is 5. The SMILES string of the molecule is CN(Cc1cccc(F)c1)C(=O)COc1cccc2c1OC(C)(C)C2. The van der Waals surface area contributed by atoms with Crippen LogP contribution in [0.4, 0.5) is 4.39 Å². The van der Waals surface area contributed by atoms with Crippen LogP contribution in [-0.2, 0) is 17.8 Å². The molecule has 2 aromatic rings. The fourth-order valence-electron chi connectivity index (χ4n) is 2.95. The molecule has 0 bridgehead atoms. The molecule has 0 unspecified atom stereocenters. The molecule has 1 aliphatic rings. The van der Waals surface area contributed by atoms with Gasteiger partial charge in [-0.25, -0.2) is 4.39 Å². The summed E-state index contributed by atoms with van der Waals surface area (Å²) >= 11 is 0. The minimum Gasteiger partial charge on any atom is -0.483 e. The van der Waals surface area contributed by atoms with Gasteiger partial charge in [-0.2, -0.15) is 0 Å². The van der Waals surface area contributed by atoms with Gasteiger partial charge in [0.25, 0.3) is 5.91 Å². The maximum absolute atomic E-state index is 13.2. The maximum Gasteiger partial charge on any atom is 0.260 e. The van der Waals surface area contributed by atoms with E-state index < -0.39 is 0 Å². The molecule has 4 nitrogen and oxygen atoms in total. The van der Waals surface area contributed by atoms with Crippen LogP contribution < -0.4 is 9.47 Å². The first-order valence-corrected chi connectivity index (χ1v) is 8.26. The Morgan fingerprint density at radius 3 is 2.80 bits per heavy atom. The molecule has 5 heteroatoms. The van der Waals surface area contributed by atoms with Crippen LogP contribution in [0.15, 0.2) is 42.5 Å². The second-order valence-corrected chi connectivity index (χ2v) is 6.95. The Hall–Kier alpha value is -2.56. The molecule has 132 valence electrons. The number of carbonyl (C=O) groups is 1. The molecule has 2 aromatic carbocycles. The van der Waals surface area contributed by atoms with Crippen molar-refractivity contribution in [1.82, 2.24) is 4.90 Å². The molecule has 0 radical (unpaired) electrons. The molecule has 1 heterocycles. The van der Waals surface area contributed by atoms with Gasteiger partial charge < -0.3 is 14.4 Å². The van der Waals surface area contributed by atoms with E-state index in [1.165, 1.54) is 17.0 Å². The number of hydrogen-bond acceptors (Lipinski definition) is 3. The topological polar surface area (TPSA) is 38.8 Å². The molecule has 0 saturated carbocycles. The summed E-state index contributed by atoms with van der Waals surface area (Å²) in [6.45, 7) is 4.28. The van der Waals surface area contributed by atoms with Crippen molar-refractivity contribution in [2.24, 2.45) is 0 Å². The predicted molar refractivity (Wildman–Crippen MR) is 93.2 cm³/mol. The summed E-state index contributed by atoms with van der Waals surface area (Å²) in [5.41, 5.74) is 1.56. The molecule has 0 spiro atoms. The van der Waals surface area contributed by atoms with Crippen molar-refractivity contribution < 1.29 is 18.7 Å². The highest BCUT2D eigenvalue weighted by atomic mass is 19.1. The fraction of sp³-hybridized carbons (Fsp3) is 0.350. The van der Waals surface area contributed by atoms with Crippen molar-refractivity contribution in [3.05, 3.63) is 59.4 Å². The van der Waals surface area contributed by atoms with Crippen LogP contribution in [-0.4, -0.2) is 30.1 Å². The first-order chi connectivity index (χ1) is 11.8. The number of carbonyl (C=O) groups excluding carboxylic acids is 1. The summed E-state index contributed by atoms with van der Waals surface area (Å²) in [5.74, 6) is 0.803. The Morgan fingerprint density at radius 2 is 2.04 bits per heavy atom. The first kappa shape index (κ1) is 17.3. The smallest absolute Gasteiger partial charge is 0.260 e. The Bertz CT molecular complexity index is 788. The average molecular weight is 343 g/mol. The van der Waals surface area contributed by atoms with Gasteiger partial charge in [-0.15, -0.1) is 0 Å². The molecule has 1 aliphatic heterocycles. The lowest BCUT2D eigenvalue weighted by Gasteiger charge is -2.20. The van der Waals surface area contributed by atoms with Crippen LogP contribution in [0, 0.1) is 5.82 Å². The van der Waals surface area contributed by atoms with Crippen LogP contribution in [0.5, 0.6) is 11.5 Å². The number of amides is 1. The van der Waals surface area contributed by atoms with Gasteiger partial charge in [0, 0.05) is 25.6 Å². The van der Waals surface area contributed by atoms with Gasteiger partial charge in [0.05, 0.1) is 0 Å². The van der Waals surface area contributed by atoms with Crippen molar-refractivity contribution in [2.45, 2.75) is 32.4 Å². The molecular weight excluding hydrogens is 321 g/mol. The number of fused-ring (bicyclic) bond motifs is 1. The van der Waals surface area contributed by atoms with Crippen molar-refractivity contribution in [3.8, 4) is 11.5 Å². The third-order valence-electron chi connectivity index (χ3n) is 4.14. The normalized spacial score (nSPS) is 14.6. The third kappa shape index (κ3) is 4.10. The maximum atomic E-state index is 13.2. The summed E-state index contributed by atoms with van der Waals surface area (Å²) in [5, 5.41) is 0. The zero-order valence-electron chi connectivity index (χ0n) is 14.7. The number of nitrogens with zero attached hydrogens (tertiary/aromatic N) is 1. The van der Waals surface area contributed by atoms with Gasteiger partial charge in [-0.3, -0.25) is 4.79 Å². The van der Waals surface area contributed by atoms with E-state index >= 15 is 0 Å². The zero-order chi connectivity index (χ0) is 18.0.